The zero-order valence-corrected chi connectivity index (χ0v) is 52.2. The van der Waals surface area contributed by atoms with Crippen molar-refractivity contribution in [1.29, 1.82) is 0 Å². The highest BCUT2D eigenvalue weighted by molar-refractivity contribution is 6.22. The normalized spacial score (nSPS) is 25.2. The molecular formula is C73H88N4O6. The Labute approximate surface area is 494 Å². The Balaban J connectivity index is 0.956. The molecule has 5 heterocycles. The molecule has 0 unspecified atom stereocenters. The van der Waals surface area contributed by atoms with Gasteiger partial charge in [0.05, 0.1) is 53.0 Å². The van der Waals surface area contributed by atoms with E-state index in [1.165, 1.54) is 35.0 Å². The van der Waals surface area contributed by atoms with E-state index in [4.69, 9.17) is 24.5 Å². The van der Waals surface area contributed by atoms with E-state index < -0.39 is 5.97 Å². The lowest BCUT2D eigenvalue weighted by Crippen LogP contribution is -2.32. The fourth-order valence-corrected chi connectivity index (χ4v) is 13.1. The second kappa shape index (κ2) is 25.6. The predicted octanol–water partition coefficient (Wildman–Crippen LogP) is 16.7. The fraction of sp³-hybridized carbons (Fsp3) is 0.411. The summed E-state index contributed by atoms with van der Waals surface area (Å²) in [7, 11) is 1.41. The monoisotopic (exact) mass is 1120 g/mol. The van der Waals surface area contributed by atoms with Crippen molar-refractivity contribution in [3.05, 3.63) is 221 Å². The number of fused-ring (bicyclic) bond motifs is 5. The van der Waals surface area contributed by atoms with E-state index in [2.05, 4.69) is 180 Å². The summed E-state index contributed by atoms with van der Waals surface area (Å²) in [5, 5.41) is 25.5. The largest absolute Gasteiger partial charge is 0.511 e. The smallest absolute Gasteiger partial charge is 0.340 e. The summed E-state index contributed by atoms with van der Waals surface area (Å²) in [5.41, 5.74) is 21.1. The van der Waals surface area contributed by atoms with Gasteiger partial charge in [0.2, 0.25) is 0 Å². The summed E-state index contributed by atoms with van der Waals surface area (Å²) in [4.78, 5) is 42.9. The molecule has 0 aromatic rings. The van der Waals surface area contributed by atoms with Crippen LogP contribution in [0.4, 0.5) is 0 Å². The van der Waals surface area contributed by atoms with Gasteiger partial charge in [0.25, 0.3) is 0 Å². The van der Waals surface area contributed by atoms with Crippen LogP contribution in [0.15, 0.2) is 236 Å². The molecule has 83 heavy (non-hydrogen) atoms. The number of aliphatic imine (C=N–C) groups is 3. The standard InChI is InChI=1S/C73H88N4O6/c1-17-54-48(8)59-39-64-67(50(10)61(75-64)37-60-49(9)55(30-33-66(80)82-16)69(76-60)56-36-65(79)68-51(11)62(77-70(56)68)38-63(54)74-59)71(81)83-53-35-47(7)58(73(14,15)41-53)32-29-45(5)27-21-25-43(3)23-19-18-22-42(2)24-20-26-44(4)28-31-57-46(6)34-52(78)40-72(57,12)13/h18-29,31-32,37-39,49,52-53,55,76,78-79H,17,30,33-36,40-41H2,1-16H3/b19-18+,24-20+,25-21+,31-28+,32-29+,42-22+,43-23+,44-26+,45-27+,60-37?,63-38?,64-39?,69-56?/t49-,52+,53+,55-/m0/s1. The van der Waals surface area contributed by atoms with Crippen molar-refractivity contribution in [3.63, 3.8) is 0 Å². The molecule has 8 rings (SSSR count). The SMILES string of the molecule is CCC1=C(C)C2=NC1=CC1=C(C)C3=C(O)CC(=C4NC(=CC5=NC(=C2)C(C(=O)O[C@@H]2CC(C)=C(/C=C/C(C)=C/C=C/C(C)=C/C=C/C=C(C)/C=C/C=C(C)/C=C/C6=C(C)C[C@@H](O)CC6(C)C)C(C)(C)C2)=C5C)[C@@H](C)[C@@H]4CCC(=O)OC)C3=N1. The molecule has 436 valence electrons. The number of hydrogen-bond donors (Lipinski definition) is 3. The number of rotatable bonds is 16. The minimum Gasteiger partial charge on any atom is -0.511 e. The van der Waals surface area contributed by atoms with Gasteiger partial charge in [0.1, 0.15) is 11.9 Å². The van der Waals surface area contributed by atoms with Gasteiger partial charge in [-0.1, -0.05) is 160 Å². The van der Waals surface area contributed by atoms with E-state index in [9.17, 15) is 19.8 Å². The number of esters is 2. The third kappa shape index (κ3) is 13.8. The van der Waals surface area contributed by atoms with Crippen molar-refractivity contribution in [2.75, 3.05) is 7.11 Å². The molecule has 8 bridgehead atoms. The molecular weight excluding hydrogens is 1030 g/mol. The Morgan fingerprint density at radius 3 is 1.88 bits per heavy atom. The summed E-state index contributed by atoms with van der Waals surface area (Å²) >= 11 is 0. The molecule has 10 heteroatoms. The van der Waals surface area contributed by atoms with E-state index in [0.29, 0.717) is 48.2 Å². The summed E-state index contributed by atoms with van der Waals surface area (Å²) in [6.45, 7) is 31.8. The fourth-order valence-electron chi connectivity index (χ4n) is 13.1. The summed E-state index contributed by atoms with van der Waals surface area (Å²) in [6.07, 6.45) is 39.8. The molecule has 3 aliphatic carbocycles. The average Bonchev–Trinajstić information content (AvgIpc) is 2.50. The number of allylic oxidation sites excluding steroid dienone is 31. The van der Waals surface area contributed by atoms with Crippen LogP contribution < -0.4 is 5.32 Å². The summed E-state index contributed by atoms with van der Waals surface area (Å²) in [6, 6.07) is 0. The highest BCUT2D eigenvalue weighted by Gasteiger charge is 2.43. The van der Waals surface area contributed by atoms with E-state index in [-0.39, 0.29) is 53.0 Å². The third-order valence-corrected chi connectivity index (χ3v) is 17.6. The molecule has 1 fully saturated rings. The van der Waals surface area contributed by atoms with Gasteiger partial charge in [-0.2, -0.15) is 0 Å². The van der Waals surface area contributed by atoms with Gasteiger partial charge < -0.3 is 25.0 Å². The van der Waals surface area contributed by atoms with Gasteiger partial charge in [-0.05, 0) is 157 Å². The van der Waals surface area contributed by atoms with Crippen LogP contribution in [0.2, 0.25) is 0 Å². The molecule has 10 nitrogen and oxygen atoms in total. The van der Waals surface area contributed by atoms with Crippen LogP contribution >= 0.6 is 0 Å². The predicted molar refractivity (Wildman–Crippen MR) is 341 cm³/mol. The Morgan fingerprint density at radius 1 is 0.723 bits per heavy atom. The molecule has 0 aromatic carbocycles. The first-order chi connectivity index (χ1) is 39.3. The Morgan fingerprint density at radius 2 is 1.29 bits per heavy atom. The first-order valence-corrected chi connectivity index (χ1v) is 29.7. The Hall–Kier alpha value is -7.43. The van der Waals surface area contributed by atoms with Crippen molar-refractivity contribution in [2.24, 2.45) is 37.6 Å². The average molecular weight is 1120 g/mol. The molecule has 0 spiro atoms. The van der Waals surface area contributed by atoms with E-state index >= 15 is 0 Å². The number of aliphatic hydroxyl groups is 2. The number of carbonyl (C=O) groups excluding carboxylic acids is 2. The van der Waals surface area contributed by atoms with Crippen LogP contribution in [-0.2, 0) is 19.1 Å². The van der Waals surface area contributed by atoms with Crippen LogP contribution in [0.25, 0.3) is 0 Å². The second-order valence-electron chi connectivity index (χ2n) is 25.2. The molecule has 0 saturated carbocycles. The number of methoxy groups -OCH3 is 1. The van der Waals surface area contributed by atoms with E-state index in [0.717, 1.165) is 98.1 Å². The first kappa shape index (κ1) is 61.6. The van der Waals surface area contributed by atoms with Gasteiger partial charge in [0.15, 0.2) is 0 Å². The molecule has 5 aliphatic heterocycles. The highest BCUT2D eigenvalue weighted by Crippen LogP contribution is 2.48. The summed E-state index contributed by atoms with van der Waals surface area (Å²) in [5.74, 6) is -0.565. The van der Waals surface area contributed by atoms with Crippen LogP contribution in [0.5, 0.6) is 0 Å². The number of hydrogen-bond acceptors (Lipinski definition) is 10. The zero-order chi connectivity index (χ0) is 60.2. The molecule has 1 saturated heterocycles. The minimum absolute atomic E-state index is 0.0294. The number of carbonyl (C=O) groups is 2. The van der Waals surface area contributed by atoms with Gasteiger partial charge in [-0.25, -0.2) is 19.8 Å². The highest BCUT2D eigenvalue weighted by atomic mass is 16.5. The lowest BCUT2D eigenvalue weighted by Gasteiger charge is -2.37. The molecule has 3 N–H and O–H groups in total. The first-order valence-electron chi connectivity index (χ1n) is 29.7. The minimum atomic E-state index is -0.411. The van der Waals surface area contributed by atoms with Crippen molar-refractivity contribution in [2.45, 2.75) is 167 Å². The topological polar surface area (TPSA) is 142 Å². The van der Waals surface area contributed by atoms with Crippen molar-refractivity contribution in [3.8, 4) is 0 Å². The number of nitrogens with zero attached hydrogens (tertiary/aromatic N) is 3. The maximum atomic E-state index is 14.8. The van der Waals surface area contributed by atoms with Crippen molar-refractivity contribution >= 4 is 29.1 Å². The Kier molecular flexibility index (Phi) is 19.0. The second-order valence-corrected chi connectivity index (χ2v) is 25.2. The van der Waals surface area contributed by atoms with Gasteiger partial charge in [0, 0.05) is 53.6 Å². The molecule has 0 radical (unpaired) electrons. The lowest BCUT2D eigenvalue weighted by molar-refractivity contribution is -0.145. The zero-order valence-electron chi connectivity index (χ0n) is 52.2. The molecule has 4 atom stereocenters. The van der Waals surface area contributed by atoms with Crippen LogP contribution in [-0.4, -0.2) is 58.6 Å². The molecule has 0 aromatic heterocycles. The molecule has 0 amide bonds. The lowest BCUT2D eigenvalue weighted by atomic mass is 9.71. The van der Waals surface area contributed by atoms with Gasteiger partial charge in [-0.3, -0.25) is 4.79 Å². The number of aliphatic hydroxyl groups excluding tert-OH is 2. The van der Waals surface area contributed by atoms with Crippen LogP contribution in [0.1, 0.15) is 155 Å². The van der Waals surface area contributed by atoms with Gasteiger partial charge in [-0.15, -0.1) is 0 Å². The van der Waals surface area contributed by atoms with Crippen molar-refractivity contribution in [1.82, 2.24) is 5.32 Å². The Bertz CT molecular complexity index is 3490. The maximum absolute atomic E-state index is 14.8. The van der Waals surface area contributed by atoms with Crippen LogP contribution in [0, 0.1) is 22.7 Å². The maximum Gasteiger partial charge on any atom is 0.340 e. The van der Waals surface area contributed by atoms with Gasteiger partial charge >= 0.3 is 11.9 Å². The number of nitrogens with one attached hydrogen (secondary N) is 1. The summed E-state index contributed by atoms with van der Waals surface area (Å²) < 4.78 is 11.6. The third-order valence-electron chi connectivity index (χ3n) is 17.6. The van der Waals surface area contributed by atoms with E-state index in [1.54, 1.807) is 0 Å². The molecule has 8 aliphatic rings. The van der Waals surface area contributed by atoms with Crippen molar-refractivity contribution < 1.29 is 29.3 Å². The quantitative estimate of drug-likeness (QED) is 0.103. The van der Waals surface area contributed by atoms with Crippen LogP contribution in [0.3, 0.4) is 0 Å². The number of ether oxygens (including phenoxy) is 2. The van der Waals surface area contributed by atoms with E-state index in [1.807, 2.05) is 32.1 Å².